The molecular weight excluding hydrogens is 404 g/mol. The van der Waals surface area contributed by atoms with Crippen molar-refractivity contribution >= 4 is 22.4 Å². The molecule has 2 aliphatic heterocycles. The van der Waals surface area contributed by atoms with Crippen LogP contribution in [0.3, 0.4) is 0 Å². The topological polar surface area (TPSA) is 60.0 Å². The number of methoxy groups -OCH3 is 1. The van der Waals surface area contributed by atoms with E-state index in [0.29, 0.717) is 25.3 Å². The molecule has 6 nitrogen and oxygen atoms in total. The summed E-state index contributed by atoms with van der Waals surface area (Å²) in [4.78, 5) is 15.3. The lowest BCUT2D eigenvalue weighted by Crippen LogP contribution is -2.44. The fraction of sp³-hybridized carbons (Fsp3) is 0.346. The zero-order chi connectivity index (χ0) is 21.9. The van der Waals surface area contributed by atoms with Gasteiger partial charge in [-0.15, -0.1) is 0 Å². The van der Waals surface area contributed by atoms with Crippen molar-refractivity contribution in [2.24, 2.45) is 0 Å². The Labute approximate surface area is 188 Å². The number of nitrogens with zero attached hydrogens (tertiary/aromatic N) is 1. The third-order valence-electron chi connectivity index (χ3n) is 6.21. The van der Waals surface area contributed by atoms with Crippen molar-refractivity contribution < 1.29 is 19.0 Å². The van der Waals surface area contributed by atoms with Gasteiger partial charge in [0.05, 0.1) is 18.3 Å². The molecule has 2 unspecified atom stereocenters. The average Bonchev–Trinajstić information content (AvgIpc) is 3.35. The minimum Gasteiger partial charge on any atom is -0.490 e. The second-order valence-corrected chi connectivity index (χ2v) is 8.23. The van der Waals surface area contributed by atoms with Crippen molar-refractivity contribution in [3.8, 4) is 5.75 Å². The fourth-order valence-electron chi connectivity index (χ4n) is 4.58. The molecule has 32 heavy (non-hydrogen) atoms. The monoisotopic (exact) mass is 432 g/mol. The van der Waals surface area contributed by atoms with Gasteiger partial charge < -0.3 is 24.4 Å². The number of para-hydroxylation sites is 1. The molecule has 6 heteroatoms. The van der Waals surface area contributed by atoms with Crippen LogP contribution in [0.15, 0.2) is 60.7 Å². The van der Waals surface area contributed by atoms with E-state index in [1.54, 1.807) is 7.11 Å². The Balaban J connectivity index is 1.60. The Morgan fingerprint density at radius 3 is 2.78 bits per heavy atom. The number of fused-ring (bicyclic) bond motifs is 2. The fourth-order valence-corrected chi connectivity index (χ4v) is 4.58. The Morgan fingerprint density at radius 2 is 1.94 bits per heavy atom. The standard InChI is InChI=1S/C26H28N2O4/c1-30-16-14-28-25(27-22-11-5-4-10-21(22)26(28)29)24-20-9-3-2-7-18(20)12-13-23(24)32-17-19-8-6-15-31-19/h2-5,7,9-13,19,25,27H,6,8,14-17H2,1H3. The van der Waals surface area contributed by atoms with Gasteiger partial charge in [-0.1, -0.05) is 42.5 Å². The molecular formula is C26H28N2O4. The molecule has 0 aliphatic carbocycles. The number of anilines is 1. The first kappa shape index (κ1) is 20.8. The summed E-state index contributed by atoms with van der Waals surface area (Å²) >= 11 is 0. The van der Waals surface area contributed by atoms with E-state index < -0.39 is 0 Å². The van der Waals surface area contributed by atoms with Crippen LogP contribution >= 0.6 is 0 Å². The van der Waals surface area contributed by atoms with Crippen molar-refractivity contribution in [1.29, 1.82) is 0 Å². The van der Waals surface area contributed by atoms with E-state index >= 15 is 0 Å². The molecule has 2 atom stereocenters. The number of nitrogens with one attached hydrogen (secondary N) is 1. The predicted molar refractivity (Wildman–Crippen MR) is 124 cm³/mol. The smallest absolute Gasteiger partial charge is 0.257 e. The molecule has 2 aliphatic rings. The Kier molecular flexibility index (Phi) is 5.97. The number of carbonyl (C=O) groups is 1. The lowest BCUT2D eigenvalue weighted by Gasteiger charge is -2.39. The SMILES string of the molecule is COCCN1C(=O)c2ccccc2NC1c1c(OCC2CCCO2)ccc2ccccc12. The van der Waals surface area contributed by atoms with Gasteiger partial charge in [-0.2, -0.15) is 0 Å². The van der Waals surface area contributed by atoms with Crippen LogP contribution in [0.2, 0.25) is 0 Å². The molecule has 1 saturated heterocycles. The molecule has 0 aromatic heterocycles. The van der Waals surface area contributed by atoms with Gasteiger partial charge in [0.2, 0.25) is 0 Å². The molecule has 1 fully saturated rings. The normalized spacial score (nSPS) is 20.3. The van der Waals surface area contributed by atoms with Crippen LogP contribution in [0.5, 0.6) is 5.75 Å². The Morgan fingerprint density at radius 1 is 1.09 bits per heavy atom. The lowest BCUT2D eigenvalue weighted by atomic mass is 9.97. The number of rotatable bonds is 7. The number of carbonyl (C=O) groups excluding carboxylic acids is 1. The van der Waals surface area contributed by atoms with E-state index in [1.807, 2.05) is 47.4 Å². The van der Waals surface area contributed by atoms with E-state index in [9.17, 15) is 4.79 Å². The second-order valence-electron chi connectivity index (χ2n) is 8.23. The minimum absolute atomic E-state index is 0.0144. The molecule has 166 valence electrons. The summed E-state index contributed by atoms with van der Waals surface area (Å²) in [6, 6.07) is 19.9. The molecule has 2 heterocycles. The van der Waals surface area contributed by atoms with Gasteiger partial charge in [-0.05, 0) is 41.8 Å². The van der Waals surface area contributed by atoms with E-state index in [0.717, 1.165) is 47.2 Å². The van der Waals surface area contributed by atoms with Crippen molar-refractivity contribution in [3.63, 3.8) is 0 Å². The van der Waals surface area contributed by atoms with Crippen LogP contribution in [-0.2, 0) is 9.47 Å². The maximum absolute atomic E-state index is 13.5. The maximum Gasteiger partial charge on any atom is 0.257 e. The number of amides is 1. The molecule has 3 aromatic carbocycles. The molecule has 0 saturated carbocycles. The summed E-state index contributed by atoms with van der Waals surface area (Å²) in [5.74, 6) is 0.755. The van der Waals surface area contributed by atoms with Gasteiger partial charge in [0.15, 0.2) is 0 Å². The largest absolute Gasteiger partial charge is 0.490 e. The maximum atomic E-state index is 13.5. The summed E-state index contributed by atoms with van der Waals surface area (Å²) in [7, 11) is 1.65. The van der Waals surface area contributed by atoms with Gasteiger partial charge >= 0.3 is 0 Å². The lowest BCUT2D eigenvalue weighted by molar-refractivity contribution is 0.0587. The summed E-state index contributed by atoms with van der Waals surface area (Å²) < 4.78 is 17.4. The van der Waals surface area contributed by atoms with Crippen molar-refractivity contribution in [2.75, 3.05) is 38.8 Å². The van der Waals surface area contributed by atoms with Gasteiger partial charge in [0.1, 0.15) is 18.5 Å². The van der Waals surface area contributed by atoms with Crippen LogP contribution in [0.1, 0.15) is 34.9 Å². The van der Waals surface area contributed by atoms with Gasteiger partial charge in [0.25, 0.3) is 5.91 Å². The van der Waals surface area contributed by atoms with Gasteiger partial charge in [0, 0.05) is 31.5 Å². The molecule has 1 N–H and O–H groups in total. The summed E-state index contributed by atoms with van der Waals surface area (Å²) in [6.07, 6.45) is 1.81. The third kappa shape index (κ3) is 3.92. The van der Waals surface area contributed by atoms with Gasteiger partial charge in [-0.25, -0.2) is 0 Å². The summed E-state index contributed by atoms with van der Waals surface area (Å²) in [6.45, 7) is 2.21. The number of hydrogen-bond donors (Lipinski definition) is 1. The second kappa shape index (κ2) is 9.18. The van der Waals surface area contributed by atoms with Crippen LogP contribution in [0.4, 0.5) is 5.69 Å². The van der Waals surface area contributed by atoms with E-state index in [4.69, 9.17) is 14.2 Å². The zero-order valence-electron chi connectivity index (χ0n) is 18.3. The minimum atomic E-state index is -0.377. The molecule has 0 spiro atoms. The quantitative estimate of drug-likeness (QED) is 0.591. The van der Waals surface area contributed by atoms with Crippen LogP contribution in [0.25, 0.3) is 10.8 Å². The average molecular weight is 433 g/mol. The van der Waals surface area contributed by atoms with E-state index in [2.05, 4.69) is 23.5 Å². The number of benzene rings is 3. The van der Waals surface area contributed by atoms with Crippen molar-refractivity contribution in [2.45, 2.75) is 25.1 Å². The van der Waals surface area contributed by atoms with Crippen molar-refractivity contribution in [1.82, 2.24) is 4.90 Å². The van der Waals surface area contributed by atoms with Crippen LogP contribution in [-0.4, -0.2) is 50.4 Å². The summed E-state index contributed by atoms with van der Waals surface area (Å²) in [5.41, 5.74) is 2.45. The van der Waals surface area contributed by atoms with E-state index in [-0.39, 0.29) is 18.2 Å². The Hall–Kier alpha value is -3.09. The van der Waals surface area contributed by atoms with Crippen LogP contribution in [0, 0.1) is 0 Å². The molecule has 1 amide bonds. The molecule has 3 aromatic rings. The van der Waals surface area contributed by atoms with Crippen molar-refractivity contribution in [3.05, 3.63) is 71.8 Å². The molecule has 0 bridgehead atoms. The Bertz CT molecular complexity index is 1110. The van der Waals surface area contributed by atoms with Gasteiger partial charge in [-0.3, -0.25) is 4.79 Å². The van der Waals surface area contributed by atoms with E-state index in [1.165, 1.54) is 0 Å². The third-order valence-corrected chi connectivity index (χ3v) is 6.21. The highest BCUT2D eigenvalue weighted by molar-refractivity contribution is 6.02. The molecule has 0 radical (unpaired) electrons. The predicted octanol–water partition coefficient (Wildman–Crippen LogP) is 4.61. The first-order valence-electron chi connectivity index (χ1n) is 11.2. The zero-order valence-corrected chi connectivity index (χ0v) is 18.3. The number of ether oxygens (including phenoxy) is 3. The van der Waals surface area contributed by atoms with Crippen LogP contribution < -0.4 is 10.1 Å². The highest BCUT2D eigenvalue weighted by atomic mass is 16.5. The highest BCUT2D eigenvalue weighted by Crippen LogP contribution is 2.40. The number of hydrogen-bond acceptors (Lipinski definition) is 5. The first-order chi connectivity index (χ1) is 15.8. The first-order valence-corrected chi connectivity index (χ1v) is 11.2. The summed E-state index contributed by atoms with van der Waals surface area (Å²) in [5, 5.41) is 5.76. The molecule has 5 rings (SSSR count). The highest BCUT2D eigenvalue weighted by Gasteiger charge is 2.35.